The maximum Gasteiger partial charge on any atom is 0.248 e. The number of imidazole rings is 1. The van der Waals surface area contributed by atoms with Gasteiger partial charge in [-0.15, -0.1) is 0 Å². The number of nitrogens with two attached hydrogens (primary N) is 1. The van der Waals surface area contributed by atoms with Gasteiger partial charge in [-0.3, -0.25) is 4.79 Å². The highest BCUT2D eigenvalue weighted by Crippen LogP contribution is 2.27. The van der Waals surface area contributed by atoms with Gasteiger partial charge in [0.15, 0.2) is 0 Å². The minimum absolute atomic E-state index is 0.123. The Morgan fingerprint density at radius 1 is 1.00 bits per heavy atom. The molecule has 0 radical (unpaired) electrons. The smallest absolute Gasteiger partial charge is 0.248 e. The van der Waals surface area contributed by atoms with E-state index in [4.69, 9.17) is 5.73 Å². The SMILES string of the molecule is Cc1ccc(C)c(Cn2c(CO)nc3ccc(-c4ccc(C(N)=O)cc4)cc32)c1. The number of benzene rings is 3. The highest BCUT2D eigenvalue weighted by molar-refractivity contribution is 5.93. The van der Waals surface area contributed by atoms with E-state index in [-0.39, 0.29) is 6.61 Å². The first-order valence-electron chi connectivity index (χ1n) is 9.52. The molecule has 0 atom stereocenters. The third kappa shape index (κ3) is 3.65. The maximum atomic E-state index is 11.3. The summed E-state index contributed by atoms with van der Waals surface area (Å²) in [7, 11) is 0. The van der Waals surface area contributed by atoms with Gasteiger partial charge in [0.1, 0.15) is 12.4 Å². The second kappa shape index (κ2) is 7.53. The molecule has 0 saturated carbocycles. The van der Waals surface area contributed by atoms with Gasteiger partial charge in [-0.2, -0.15) is 0 Å². The third-order valence-electron chi connectivity index (χ3n) is 5.30. The van der Waals surface area contributed by atoms with Gasteiger partial charge in [0, 0.05) is 12.1 Å². The minimum Gasteiger partial charge on any atom is -0.388 e. The number of amides is 1. The molecule has 29 heavy (non-hydrogen) atoms. The first-order valence-corrected chi connectivity index (χ1v) is 9.52. The summed E-state index contributed by atoms with van der Waals surface area (Å²) < 4.78 is 2.07. The Kier molecular flexibility index (Phi) is 4.91. The van der Waals surface area contributed by atoms with E-state index in [1.807, 2.05) is 24.3 Å². The number of hydrogen-bond donors (Lipinski definition) is 2. The van der Waals surface area contributed by atoms with Gasteiger partial charge in [-0.25, -0.2) is 4.98 Å². The van der Waals surface area contributed by atoms with Crippen molar-refractivity contribution in [2.45, 2.75) is 27.0 Å². The van der Waals surface area contributed by atoms with Crippen molar-refractivity contribution in [2.75, 3.05) is 0 Å². The van der Waals surface area contributed by atoms with E-state index in [1.54, 1.807) is 12.1 Å². The summed E-state index contributed by atoms with van der Waals surface area (Å²) in [6, 6.07) is 19.7. The molecule has 0 saturated heterocycles. The van der Waals surface area contributed by atoms with E-state index in [1.165, 1.54) is 16.7 Å². The van der Waals surface area contributed by atoms with Crippen LogP contribution >= 0.6 is 0 Å². The highest BCUT2D eigenvalue weighted by atomic mass is 16.3. The standard InChI is InChI=1S/C24H23N3O2/c1-15-3-4-16(2)20(11-15)13-27-22-12-19(9-10-21(22)26-23(27)14-28)17-5-7-18(8-6-17)24(25)29/h3-12,28H,13-14H2,1-2H3,(H2,25,29). The number of fused-ring (bicyclic) bond motifs is 1. The quantitative estimate of drug-likeness (QED) is 0.546. The molecule has 146 valence electrons. The van der Waals surface area contributed by atoms with Crippen molar-refractivity contribution in [3.63, 3.8) is 0 Å². The number of aryl methyl sites for hydroxylation is 2. The van der Waals surface area contributed by atoms with Crippen LogP contribution in [-0.4, -0.2) is 20.6 Å². The Hall–Kier alpha value is -3.44. The first kappa shape index (κ1) is 18.9. The second-order valence-electron chi connectivity index (χ2n) is 7.35. The predicted octanol–water partition coefficient (Wildman–Crippen LogP) is 3.96. The van der Waals surface area contributed by atoms with E-state index in [9.17, 15) is 9.90 Å². The molecule has 0 fully saturated rings. The number of primary amides is 1. The van der Waals surface area contributed by atoms with Gasteiger partial charge in [0.05, 0.1) is 11.0 Å². The molecule has 3 aromatic carbocycles. The zero-order valence-electron chi connectivity index (χ0n) is 16.5. The average Bonchev–Trinajstić information content (AvgIpc) is 3.07. The molecular formula is C24H23N3O2. The van der Waals surface area contributed by atoms with Crippen molar-refractivity contribution < 1.29 is 9.90 Å². The molecule has 1 amide bonds. The van der Waals surface area contributed by atoms with Crippen molar-refractivity contribution in [3.05, 3.63) is 88.7 Å². The van der Waals surface area contributed by atoms with E-state index in [2.05, 4.69) is 47.7 Å². The summed E-state index contributed by atoms with van der Waals surface area (Å²) in [5.74, 6) is 0.202. The lowest BCUT2D eigenvalue weighted by Crippen LogP contribution is -2.10. The average molecular weight is 385 g/mol. The number of hydrogen-bond acceptors (Lipinski definition) is 3. The van der Waals surface area contributed by atoms with Crippen LogP contribution in [0.15, 0.2) is 60.7 Å². The molecular weight excluding hydrogens is 362 g/mol. The molecule has 5 nitrogen and oxygen atoms in total. The van der Waals surface area contributed by atoms with Crippen molar-refractivity contribution in [3.8, 4) is 11.1 Å². The molecule has 3 N–H and O–H groups in total. The van der Waals surface area contributed by atoms with E-state index >= 15 is 0 Å². The summed E-state index contributed by atoms with van der Waals surface area (Å²) in [6.45, 7) is 4.69. The zero-order valence-corrected chi connectivity index (χ0v) is 16.5. The van der Waals surface area contributed by atoms with E-state index in [0.29, 0.717) is 17.9 Å². The Bertz CT molecular complexity index is 1210. The predicted molar refractivity (Wildman–Crippen MR) is 115 cm³/mol. The molecule has 1 heterocycles. The third-order valence-corrected chi connectivity index (χ3v) is 5.30. The Labute approximate surface area is 169 Å². The van der Waals surface area contributed by atoms with Crippen LogP contribution < -0.4 is 5.73 Å². The van der Waals surface area contributed by atoms with Crippen molar-refractivity contribution in [1.29, 1.82) is 0 Å². The van der Waals surface area contributed by atoms with E-state index < -0.39 is 5.91 Å². The van der Waals surface area contributed by atoms with Gasteiger partial charge in [-0.1, -0.05) is 42.0 Å². The molecule has 4 rings (SSSR count). The topological polar surface area (TPSA) is 81.1 Å². The van der Waals surface area contributed by atoms with Crippen LogP contribution in [0.4, 0.5) is 0 Å². The van der Waals surface area contributed by atoms with Crippen LogP contribution in [0.2, 0.25) is 0 Å². The summed E-state index contributed by atoms with van der Waals surface area (Å²) in [4.78, 5) is 15.9. The second-order valence-corrected chi connectivity index (χ2v) is 7.35. The fourth-order valence-corrected chi connectivity index (χ4v) is 3.62. The van der Waals surface area contributed by atoms with E-state index in [0.717, 1.165) is 22.2 Å². The van der Waals surface area contributed by atoms with Crippen molar-refractivity contribution in [2.24, 2.45) is 5.73 Å². The zero-order chi connectivity index (χ0) is 20.5. The number of aromatic nitrogens is 2. The van der Waals surface area contributed by atoms with Crippen LogP contribution in [0.5, 0.6) is 0 Å². The number of rotatable bonds is 5. The van der Waals surface area contributed by atoms with Gasteiger partial charge in [0.25, 0.3) is 0 Å². The molecule has 0 unspecified atom stereocenters. The highest BCUT2D eigenvalue weighted by Gasteiger charge is 2.13. The van der Waals surface area contributed by atoms with Gasteiger partial charge < -0.3 is 15.4 Å². The lowest BCUT2D eigenvalue weighted by molar-refractivity contribution is 0.100. The van der Waals surface area contributed by atoms with Crippen LogP contribution in [-0.2, 0) is 13.2 Å². The summed E-state index contributed by atoms with van der Waals surface area (Å²) in [6.07, 6.45) is 0. The molecule has 0 aliphatic heterocycles. The Balaban J connectivity index is 1.80. The van der Waals surface area contributed by atoms with Gasteiger partial charge in [-0.05, 0) is 60.4 Å². The minimum atomic E-state index is -0.439. The molecule has 4 aromatic rings. The van der Waals surface area contributed by atoms with Gasteiger partial charge >= 0.3 is 0 Å². The van der Waals surface area contributed by atoms with Crippen molar-refractivity contribution >= 4 is 16.9 Å². The number of nitrogens with zero attached hydrogens (tertiary/aromatic N) is 2. The Morgan fingerprint density at radius 3 is 2.41 bits per heavy atom. The molecule has 0 aliphatic rings. The normalized spacial score (nSPS) is 11.1. The summed E-state index contributed by atoms with van der Waals surface area (Å²) in [5, 5.41) is 9.86. The Morgan fingerprint density at radius 2 is 1.72 bits per heavy atom. The largest absolute Gasteiger partial charge is 0.388 e. The van der Waals surface area contributed by atoms with Crippen LogP contribution in [0.1, 0.15) is 32.9 Å². The summed E-state index contributed by atoms with van der Waals surface area (Å²) in [5.41, 5.74) is 13.2. The lowest BCUT2D eigenvalue weighted by atomic mass is 10.0. The number of carbonyl (C=O) groups excluding carboxylic acids is 1. The van der Waals surface area contributed by atoms with Crippen LogP contribution in [0, 0.1) is 13.8 Å². The number of carbonyl (C=O) groups is 1. The molecule has 0 aliphatic carbocycles. The monoisotopic (exact) mass is 385 g/mol. The van der Waals surface area contributed by atoms with Crippen LogP contribution in [0.3, 0.4) is 0 Å². The molecule has 0 bridgehead atoms. The fraction of sp³-hybridized carbons (Fsp3) is 0.167. The molecule has 1 aromatic heterocycles. The summed E-state index contributed by atoms with van der Waals surface area (Å²) >= 11 is 0. The molecule has 5 heteroatoms. The maximum absolute atomic E-state index is 11.3. The first-order chi connectivity index (χ1) is 14.0. The van der Waals surface area contributed by atoms with Crippen LogP contribution in [0.25, 0.3) is 22.2 Å². The van der Waals surface area contributed by atoms with Gasteiger partial charge in [0.2, 0.25) is 5.91 Å². The fourth-order valence-electron chi connectivity index (χ4n) is 3.62. The lowest BCUT2D eigenvalue weighted by Gasteiger charge is -2.12. The number of aliphatic hydroxyl groups is 1. The van der Waals surface area contributed by atoms with Crippen molar-refractivity contribution in [1.82, 2.24) is 9.55 Å². The molecule has 0 spiro atoms. The number of aliphatic hydroxyl groups excluding tert-OH is 1.